The molecule has 3 nitrogen and oxygen atoms in total. The predicted molar refractivity (Wildman–Crippen MR) is 68.9 cm³/mol. The summed E-state index contributed by atoms with van der Waals surface area (Å²) < 4.78 is 0. The Balaban J connectivity index is 1.90. The molecule has 0 amide bonds. The molecular formula is C11H15N3S2. The van der Waals surface area contributed by atoms with Crippen LogP contribution in [0.5, 0.6) is 0 Å². The lowest BCUT2D eigenvalue weighted by Gasteiger charge is -2.08. The van der Waals surface area contributed by atoms with Gasteiger partial charge in [0.1, 0.15) is 10.0 Å². The average molecular weight is 253 g/mol. The normalized spacial score (nSPS) is 12.9. The van der Waals surface area contributed by atoms with Crippen LogP contribution in [0.2, 0.25) is 0 Å². The van der Waals surface area contributed by atoms with Crippen LogP contribution in [-0.4, -0.2) is 9.97 Å². The van der Waals surface area contributed by atoms with E-state index in [-0.39, 0.29) is 0 Å². The highest BCUT2D eigenvalue weighted by molar-refractivity contribution is 7.11. The van der Waals surface area contributed by atoms with Gasteiger partial charge in [0.2, 0.25) is 0 Å². The van der Waals surface area contributed by atoms with Crippen LogP contribution in [0.25, 0.3) is 0 Å². The highest BCUT2D eigenvalue weighted by atomic mass is 32.1. The van der Waals surface area contributed by atoms with Crippen LogP contribution in [0, 0.1) is 0 Å². The summed E-state index contributed by atoms with van der Waals surface area (Å²) in [4.78, 5) is 10.0. The van der Waals surface area contributed by atoms with Crippen LogP contribution in [0.4, 0.5) is 0 Å². The Morgan fingerprint density at radius 3 is 2.94 bits per heavy atom. The summed E-state index contributed by atoms with van der Waals surface area (Å²) in [6.07, 6.45) is 4.88. The molecule has 1 atom stereocenters. The van der Waals surface area contributed by atoms with Crippen molar-refractivity contribution in [3.8, 4) is 0 Å². The number of nitrogens with zero attached hydrogens (tertiary/aromatic N) is 2. The van der Waals surface area contributed by atoms with Crippen LogP contribution in [0.15, 0.2) is 17.8 Å². The molecule has 0 bridgehead atoms. The van der Waals surface area contributed by atoms with Crippen molar-refractivity contribution in [2.24, 2.45) is 0 Å². The lowest BCUT2D eigenvalue weighted by molar-refractivity contribution is 0.570. The maximum atomic E-state index is 4.43. The van der Waals surface area contributed by atoms with Crippen molar-refractivity contribution in [1.82, 2.24) is 15.3 Å². The minimum absolute atomic E-state index is 0.300. The third kappa shape index (κ3) is 2.87. The molecule has 86 valence electrons. The van der Waals surface area contributed by atoms with E-state index in [1.54, 1.807) is 22.7 Å². The molecule has 5 heteroatoms. The zero-order chi connectivity index (χ0) is 11.4. The van der Waals surface area contributed by atoms with Gasteiger partial charge in [-0.05, 0) is 13.3 Å². The Hall–Kier alpha value is -0.780. The highest BCUT2D eigenvalue weighted by Gasteiger charge is 2.09. The molecule has 2 aromatic rings. The minimum Gasteiger partial charge on any atom is -0.302 e. The molecular weight excluding hydrogens is 238 g/mol. The fourth-order valence-corrected chi connectivity index (χ4v) is 2.81. The Kier molecular flexibility index (Phi) is 4.04. The van der Waals surface area contributed by atoms with Crippen molar-refractivity contribution in [3.05, 3.63) is 32.7 Å². The van der Waals surface area contributed by atoms with Gasteiger partial charge in [0.25, 0.3) is 0 Å². The molecule has 0 radical (unpaired) electrons. The summed E-state index contributed by atoms with van der Waals surface area (Å²) in [6.45, 7) is 5.12. The van der Waals surface area contributed by atoms with Gasteiger partial charge in [0.05, 0.1) is 6.04 Å². The second kappa shape index (κ2) is 5.52. The SMILES string of the molecule is CCc1cnc(C(C)NCc2nccs2)s1. The summed E-state index contributed by atoms with van der Waals surface area (Å²) in [5, 5.41) is 7.72. The number of aryl methyl sites for hydroxylation is 1. The van der Waals surface area contributed by atoms with Crippen LogP contribution < -0.4 is 5.32 Å². The first-order valence-electron chi connectivity index (χ1n) is 5.36. The van der Waals surface area contributed by atoms with Gasteiger partial charge in [0, 0.05) is 29.2 Å². The van der Waals surface area contributed by atoms with Crippen LogP contribution in [-0.2, 0) is 13.0 Å². The molecule has 0 saturated heterocycles. The lowest BCUT2D eigenvalue weighted by Crippen LogP contribution is -2.17. The Morgan fingerprint density at radius 2 is 2.31 bits per heavy atom. The monoisotopic (exact) mass is 253 g/mol. The van der Waals surface area contributed by atoms with Crippen molar-refractivity contribution in [2.45, 2.75) is 32.9 Å². The van der Waals surface area contributed by atoms with E-state index in [1.165, 1.54) is 4.88 Å². The van der Waals surface area contributed by atoms with Crippen molar-refractivity contribution < 1.29 is 0 Å². The summed E-state index contributed by atoms with van der Waals surface area (Å²) in [7, 11) is 0. The average Bonchev–Trinajstić information content (AvgIpc) is 2.96. The highest BCUT2D eigenvalue weighted by Crippen LogP contribution is 2.20. The fraction of sp³-hybridized carbons (Fsp3) is 0.455. The summed E-state index contributed by atoms with van der Waals surface area (Å²) >= 11 is 3.47. The van der Waals surface area contributed by atoms with Gasteiger partial charge < -0.3 is 5.32 Å². The molecule has 0 aliphatic carbocycles. The van der Waals surface area contributed by atoms with E-state index in [4.69, 9.17) is 0 Å². The maximum Gasteiger partial charge on any atom is 0.109 e. The van der Waals surface area contributed by atoms with E-state index in [2.05, 4.69) is 29.1 Å². The quantitative estimate of drug-likeness (QED) is 0.890. The third-order valence-corrected chi connectivity index (χ3v) is 4.44. The second-order valence-corrected chi connectivity index (χ2v) is 5.67. The van der Waals surface area contributed by atoms with Crippen molar-refractivity contribution in [3.63, 3.8) is 0 Å². The zero-order valence-corrected chi connectivity index (χ0v) is 11.1. The van der Waals surface area contributed by atoms with E-state index < -0.39 is 0 Å². The van der Waals surface area contributed by atoms with E-state index in [1.807, 2.05) is 17.8 Å². The maximum absolute atomic E-state index is 4.43. The molecule has 0 aliphatic rings. The molecule has 0 aromatic carbocycles. The van der Waals surface area contributed by atoms with Gasteiger partial charge in [-0.2, -0.15) is 0 Å². The fourth-order valence-electron chi connectivity index (χ4n) is 1.35. The van der Waals surface area contributed by atoms with Crippen molar-refractivity contribution >= 4 is 22.7 Å². The van der Waals surface area contributed by atoms with Crippen molar-refractivity contribution in [1.29, 1.82) is 0 Å². The van der Waals surface area contributed by atoms with Gasteiger partial charge in [-0.15, -0.1) is 22.7 Å². The van der Waals surface area contributed by atoms with Crippen LogP contribution in [0.3, 0.4) is 0 Å². The number of thiazole rings is 2. The number of hydrogen-bond acceptors (Lipinski definition) is 5. The molecule has 0 spiro atoms. The smallest absolute Gasteiger partial charge is 0.109 e. The standard InChI is InChI=1S/C11H15N3S2/c1-3-9-6-14-11(16-9)8(2)13-7-10-12-4-5-15-10/h4-6,8,13H,3,7H2,1-2H3. The molecule has 0 fully saturated rings. The van der Waals surface area contributed by atoms with Gasteiger partial charge in [0.15, 0.2) is 0 Å². The summed E-state index contributed by atoms with van der Waals surface area (Å²) in [5.74, 6) is 0. The first-order chi connectivity index (χ1) is 7.79. The number of aromatic nitrogens is 2. The number of rotatable bonds is 5. The lowest BCUT2D eigenvalue weighted by atomic mass is 10.3. The van der Waals surface area contributed by atoms with E-state index in [9.17, 15) is 0 Å². The molecule has 1 N–H and O–H groups in total. The summed E-state index contributed by atoms with van der Waals surface area (Å²) in [5.41, 5.74) is 0. The molecule has 1 unspecified atom stereocenters. The molecule has 0 aliphatic heterocycles. The van der Waals surface area contributed by atoms with Gasteiger partial charge in [-0.1, -0.05) is 6.92 Å². The van der Waals surface area contributed by atoms with Crippen LogP contribution >= 0.6 is 22.7 Å². The van der Waals surface area contributed by atoms with E-state index in [0.29, 0.717) is 6.04 Å². The molecule has 0 saturated carbocycles. The van der Waals surface area contributed by atoms with E-state index in [0.717, 1.165) is 23.0 Å². The Bertz CT molecular complexity index is 422. The van der Waals surface area contributed by atoms with Gasteiger partial charge in [-0.25, -0.2) is 9.97 Å². The third-order valence-electron chi connectivity index (χ3n) is 2.33. The molecule has 16 heavy (non-hydrogen) atoms. The topological polar surface area (TPSA) is 37.8 Å². The molecule has 2 aromatic heterocycles. The van der Waals surface area contributed by atoms with Gasteiger partial charge >= 0.3 is 0 Å². The molecule has 2 rings (SSSR count). The largest absolute Gasteiger partial charge is 0.302 e. The number of nitrogens with one attached hydrogen (secondary N) is 1. The zero-order valence-electron chi connectivity index (χ0n) is 9.43. The molecule has 2 heterocycles. The van der Waals surface area contributed by atoms with Crippen LogP contribution in [0.1, 0.15) is 34.8 Å². The summed E-state index contributed by atoms with van der Waals surface area (Å²) in [6, 6.07) is 0.300. The Morgan fingerprint density at radius 1 is 1.44 bits per heavy atom. The first-order valence-corrected chi connectivity index (χ1v) is 7.05. The van der Waals surface area contributed by atoms with Gasteiger partial charge in [-0.3, -0.25) is 0 Å². The minimum atomic E-state index is 0.300. The van der Waals surface area contributed by atoms with E-state index >= 15 is 0 Å². The first kappa shape index (κ1) is 11.7. The Labute approximate surface area is 104 Å². The van der Waals surface area contributed by atoms with Crippen molar-refractivity contribution in [2.75, 3.05) is 0 Å². The second-order valence-electron chi connectivity index (χ2n) is 3.55. The predicted octanol–water partition coefficient (Wildman–Crippen LogP) is 3.01. The number of hydrogen-bond donors (Lipinski definition) is 1.